The fraction of sp³-hybridized carbons (Fsp3) is 0. The average Bonchev–Trinajstić information content (AvgIpc) is 3.23. The molecular weight excluding hydrogens is 701 g/mol. The maximum atomic E-state index is 12.1. The number of nitrogens with zero attached hydrogens (tertiary/aromatic N) is 2. The molecule has 0 spiro atoms. The Kier molecular flexibility index (Phi) is 9.36. The van der Waals surface area contributed by atoms with Crippen molar-refractivity contribution in [3.05, 3.63) is 197 Å². The zero-order chi connectivity index (χ0) is 38.8. The van der Waals surface area contributed by atoms with Crippen molar-refractivity contribution >= 4 is 11.4 Å². The Labute approximate surface area is 322 Å². The van der Waals surface area contributed by atoms with Gasteiger partial charge in [-0.15, -0.1) is 0 Å². The Morgan fingerprint density at radius 1 is 0.321 bits per heavy atom. The fourth-order valence-electron chi connectivity index (χ4n) is 7.52. The summed E-state index contributed by atoms with van der Waals surface area (Å²) >= 11 is 0. The number of phenolic OH excluding ortho intramolecular Hbond substituents is 2. The lowest BCUT2D eigenvalue weighted by Crippen LogP contribution is -1.96. The van der Waals surface area contributed by atoms with Crippen LogP contribution in [0.25, 0.3) is 77.9 Å². The third-order valence-electron chi connectivity index (χ3n) is 9.95. The van der Waals surface area contributed by atoms with Crippen molar-refractivity contribution in [2.45, 2.75) is 0 Å². The summed E-state index contributed by atoms with van der Waals surface area (Å²) in [4.78, 5) is 23.4. The molecule has 8 aromatic rings. The molecule has 2 N–H and O–H groups in total. The summed E-state index contributed by atoms with van der Waals surface area (Å²) in [7, 11) is 0. The summed E-state index contributed by atoms with van der Waals surface area (Å²) < 4.78 is 0. The van der Waals surface area contributed by atoms with Crippen LogP contribution in [0.4, 0.5) is 11.4 Å². The minimum absolute atomic E-state index is 0.0707. The van der Waals surface area contributed by atoms with E-state index in [1.54, 1.807) is 0 Å². The van der Waals surface area contributed by atoms with Crippen molar-refractivity contribution < 1.29 is 25.3 Å². The summed E-state index contributed by atoms with van der Waals surface area (Å²) in [6.07, 6.45) is 0. The van der Waals surface area contributed by atoms with E-state index in [1.165, 1.54) is 36.4 Å². The van der Waals surface area contributed by atoms with Gasteiger partial charge in [-0.1, -0.05) is 146 Å². The normalized spacial score (nSPS) is 10.9. The zero-order valence-corrected chi connectivity index (χ0v) is 29.7. The minimum atomic E-state index is -0.440. The van der Waals surface area contributed by atoms with E-state index in [9.17, 15) is 30.4 Å². The Balaban J connectivity index is 1.31. The van der Waals surface area contributed by atoms with E-state index in [4.69, 9.17) is 0 Å². The van der Waals surface area contributed by atoms with Gasteiger partial charge in [0.25, 0.3) is 5.69 Å². The smallest absolute Gasteiger partial charge is 0.329 e. The van der Waals surface area contributed by atoms with Crippen molar-refractivity contribution in [3.63, 3.8) is 0 Å². The molecule has 56 heavy (non-hydrogen) atoms. The molecule has 269 valence electrons. The van der Waals surface area contributed by atoms with Crippen LogP contribution in [-0.4, -0.2) is 20.1 Å². The Bertz CT molecular complexity index is 2620. The molecule has 8 heteroatoms. The van der Waals surface area contributed by atoms with Gasteiger partial charge in [-0.05, 0) is 91.0 Å². The number of hydrogen-bond donors (Lipinski definition) is 2. The molecule has 0 bridgehead atoms. The van der Waals surface area contributed by atoms with E-state index >= 15 is 0 Å². The van der Waals surface area contributed by atoms with Crippen LogP contribution in [0.5, 0.6) is 11.5 Å². The van der Waals surface area contributed by atoms with Gasteiger partial charge in [0.2, 0.25) is 0 Å². The highest BCUT2D eigenvalue weighted by molar-refractivity contribution is 6.01. The number of nitro benzene ring substituents is 1. The predicted octanol–water partition coefficient (Wildman–Crippen LogP) is 12.4. The molecule has 1 radical (unpaired) electrons. The number of phenols is 2. The Morgan fingerprint density at radius 3 is 0.768 bits per heavy atom. The number of hydrogen-bond acceptors (Lipinski definition) is 5. The van der Waals surface area contributed by atoms with Crippen molar-refractivity contribution in [2.75, 3.05) is 0 Å². The van der Waals surface area contributed by atoms with Gasteiger partial charge >= 0.3 is 10.6 Å². The van der Waals surface area contributed by atoms with Crippen LogP contribution in [0.15, 0.2) is 182 Å². The third kappa shape index (κ3) is 6.52. The number of nitro groups is 1. The summed E-state index contributed by atoms with van der Waals surface area (Å²) in [6.45, 7) is 0. The third-order valence-corrected chi connectivity index (χ3v) is 9.95. The summed E-state index contributed by atoms with van der Waals surface area (Å²) in [5.74, 6) is -0.141. The molecular formula is C48H32N2O6+. The molecule has 0 aliphatic carbocycles. The standard InChI is InChI=1S/C48H32N2O6/c51-31-25-27-47(49(53)54)45(29-31)43-23-11-9-21-41(43)39-19-7-5-17-37(39)35-15-3-1-13-33(35)34-14-2-4-16-36(34)38-18-6-8-20-40(38)42-22-10-12-24-44(42)46-30-32(52)26-28-48(46)50(55)56/h1-30,51-52H/q+1. The highest BCUT2D eigenvalue weighted by Gasteiger charge is 2.26. The molecule has 8 aromatic carbocycles. The summed E-state index contributed by atoms with van der Waals surface area (Å²) in [5.41, 5.74) is 10.4. The molecule has 0 saturated carbocycles. The minimum Gasteiger partial charge on any atom is -0.508 e. The lowest BCUT2D eigenvalue weighted by Gasteiger charge is -2.20. The van der Waals surface area contributed by atoms with Crippen LogP contribution in [0.1, 0.15) is 0 Å². The average molecular weight is 733 g/mol. The van der Waals surface area contributed by atoms with Crippen molar-refractivity contribution in [2.24, 2.45) is 0 Å². The first-order valence-corrected chi connectivity index (χ1v) is 17.8. The van der Waals surface area contributed by atoms with Crippen LogP contribution in [0.3, 0.4) is 0 Å². The van der Waals surface area contributed by atoms with Crippen LogP contribution >= 0.6 is 0 Å². The lowest BCUT2D eigenvalue weighted by atomic mass is 9.83. The molecule has 0 saturated heterocycles. The highest BCUT2D eigenvalue weighted by Crippen LogP contribution is 2.47. The Hall–Kier alpha value is -7.84. The highest BCUT2D eigenvalue weighted by atomic mass is 16.6. The molecule has 0 unspecified atom stereocenters. The van der Waals surface area contributed by atoms with Crippen LogP contribution in [-0.2, 0) is 5.21 Å². The van der Waals surface area contributed by atoms with Gasteiger partial charge in [0.05, 0.1) is 26.2 Å². The number of rotatable bonds is 9. The monoisotopic (exact) mass is 732 g/mol. The molecule has 0 fully saturated rings. The van der Waals surface area contributed by atoms with Gasteiger partial charge in [0.15, 0.2) is 0 Å². The van der Waals surface area contributed by atoms with Crippen molar-refractivity contribution in [1.29, 1.82) is 0 Å². The van der Waals surface area contributed by atoms with Gasteiger partial charge in [-0.2, -0.15) is 0 Å². The van der Waals surface area contributed by atoms with Crippen LogP contribution in [0.2, 0.25) is 0 Å². The van der Waals surface area contributed by atoms with E-state index in [1.807, 2.05) is 121 Å². The van der Waals surface area contributed by atoms with E-state index < -0.39 is 9.85 Å². The first-order chi connectivity index (χ1) is 27.3. The topological polar surface area (TPSA) is 124 Å². The Morgan fingerprint density at radius 2 is 0.536 bits per heavy atom. The van der Waals surface area contributed by atoms with E-state index in [-0.39, 0.29) is 22.9 Å². The quantitative estimate of drug-likeness (QED) is 0.113. The van der Waals surface area contributed by atoms with E-state index in [2.05, 4.69) is 24.3 Å². The molecule has 8 rings (SSSR count). The van der Waals surface area contributed by atoms with Crippen LogP contribution in [0, 0.1) is 15.0 Å². The summed E-state index contributed by atoms with van der Waals surface area (Å²) in [6, 6.07) is 55.2. The van der Waals surface area contributed by atoms with Gasteiger partial charge < -0.3 is 10.2 Å². The van der Waals surface area contributed by atoms with Crippen molar-refractivity contribution in [3.8, 4) is 89.4 Å². The first-order valence-electron chi connectivity index (χ1n) is 17.8. The zero-order valence-electron chi connectivity index (χ0n) is 29.7. The molecule has 8 nitrogen and oxygen atoms in total. The molecule has 0 atom stereocenters. The fourth-order valence-corrected chi connectivity index (χ4v) is 7.52. The largest absolute Gasteiger partial charge is 0.508 e. The second kappa shape index (κ2) is 14.9. The van der Waals surface area contributed by atoms with Gasteiger partial charge in [0.1, 0.15) is 11.5 Å². The van der Waals surface area contributed by atoms with E-state index in [0.29, 0.717) is 22.3 Å². The van der Waals surface area contributed by atoms with Crippen LogP contribution < -0.4 is 0 Å². The maximum absolute atomic E-state index is 12.1. The van der Waals surface area contributed by atoms with Gasteiger partial charge in [-0.25, -0.2) is 0 Å². The van der Waals surface area contributed by atoms with Crippen molar-refractivity contribution in [1.82, 2.24) is 0 Å². The maximum Gasteiger partial charge on any atom is 0.329 e. The van der Waals surface area contributed by atoms with Gasteiger partial charge in [-0.3, -0.25) is 10.1 Å². The predicted molar refractivity (Wildman–Crippen MR) is 218 cm³/mol. The molecule has 0 aromatic heterocycles. The number of aromatic hydroxyl groups is 2. The molecule has 0 amide bonds. The van der Waals surface area contributed by atoms with Gasteiger partial charge in [0, 0.05) is 12.1 Å². The molecule has 0 aliphatic heterocycles. The molecule has 0 aliphatic rings. The SMILES string of the molecule is [O][N+](=O)c1ccc(O)cc1-c1ccccc1-c1ccccc1-c1ccccc1-c1ccccc1-c1ccccc1-c1ccccc1-c1cc(O)ccc1[N+](=O)[O-]. The second-order valence-corrected chi connectivity index (χ2v) is 13.2. The first kappa shape index (κ1) is 35.2. The van der Waals surface area contributed by atoms with E-state index in [0.717, 1.165) is 55.6 Å². The second-order valence-electron chi connectivity index (χ2n) is 13.2. The lowest BCUT2D eigenvalue weighted by molar-refractivity contribution is -0.769. The summed E-state index contributed by atoms with van der Waals surface area (Å²) in [5, 5.41) is 45.1. The molecule has 0 heterocycles. The number of benzene rings is 8.